The summed E-state index contributed by atoms with van der Waals surface area (Å²) in [7, 11) is -4.26. The van der Waals surface area contributed by atoms with Gasteiger partial charge in [0.05, 0.1) is 6.42 Å². The van der Waals surface area contributed by atoms with Crippen LogP contribution in [0.25, 0.3) is 0 Å². The van der Waals surface area contributed by atoms with E-state index < -0.39 is 41.1 Å². The molecule has 0 unspecified atom stereocenters. The first-order valence-corrected chi connectivity index (χ1v) is 7.93. The van der Waals surface area contributed by atoms with Crippen LogP contribution in [0.4, 0.5) is 13.2 Å². The Kier molecular flexibility index (Phi) is 4.07. The fraction of sp³-hybridized carbons (Fsp3) is 0.500. The van der Waals surface area contributed by atoms with Gasteiger partial charge in [-0.25, -0.2) is 8.42 Å². The molecule has 0 bridgehead atoms. The largest absolute Gasteiger partial charge is 0.405 e. The number of hydrogen-bond acceptors (Lipinski definition) is 4. The lowest BCUT2D eigenvalue weighted by Crippen LogP contribution is -2.49. The van der Waals surface area contributed by atoms with E-state index in [0.29, 0.717) is 4.31 Å². The Balaban J connectivity index is 2.43. The molecule has 0 saturated carbocycles. The van der Waals surface area contributed by atoms with E-state index in [4.69, 9.17) is 0 Å². The second-order valence-electron chi connectivity index (χ2n) is 4.16. The van der Waals surface area contributed by atoms with Gasteiger partial charge in [-0.15, -0.1) is 11.3 Å². The molecule has 1 aromatic rings. The molecule has 20 heavy (non-hydrogen) atoms. The number of nitrogens with zero attached hydrogens (tertiary/aromatic N) is 1. The molecule has 0 radical (unpaired) electrons. The Morgan fingerprint density at radius 2 is 2.10 bits per heavy atom. The van der Waals surface area contributed by atoms with E-state index in [1.807, 2.05) is 0 Å². The van der Waals surface area contributed by atoms with E-state index in [1.165, 1.54) is 17.5 Å². The second kappa shape index (κ2) is 5.34. The maximum Gasteiger partial charge on any atom is 0.405 e. The summed E-state index contributed by atoms with van der Waals surface area (Å²) in [5.41, 5.74) is 0. The van der Waals surface area contributed by atoms with Gasteiger partial charge in [-0.2, -0.15) is 17.5 Å². The van der Waals surface area contributed by atoms with Gasteiger partial charge in [0.25, 0.3) is 10.0 Å². The first-order valence-electron chi connectivity index (χ1n) is 5.61. The molecule has 112 valence electrons. The standard InChI is InChI=1S/C10H11F3N2O3S2/c11-10(12,13)7-6-8(16)14-3-4-15(7)20(17,18)9-2-1-5-19-9/h1-2,5,7H,3-4,6H2,(H,14,16)/t7-/m0/s1. The molecule has 10 heteroatoms. The Hall–Kier alpha value is -1.13. The average molecular weight is 328 g/mol. The summed E-state index contributed by atoms with van der Waals surface area (Å²) in [6, 6.07) is 0.353. The van der Waals surface area contributed by atoms with Crippen molar-refractivity contribution < 1.29 is 26.4 Å². The summed E-state index contributed by atoms with van der Waals surface area (Å²) in [4.78, 5) is 11.3. The molecule has 1 aromatic heterocycles. The van der Waals surface area contributed by atoms with Gasteiger partial charge >= 0.3 is 6.18 Å². The number of alkyl halides is 3. The number of thiophene rings is 1. The quantitative estimate of drug-likeness (QED) is 0.887. The van der Waals surface area contributed by atoms with Gasteiger partial charge in [0.1, 0.15) is 10.3 Å². The van der Waals surface area contributed by atoms with Crippen molar-refractivity contribution >= 4 is 27.3 Å². The fourth-order valence-corrected chi connectivity index (χ4v) is 4.63. The number of sulfonamides is 1. The lowest BCUT2D eigenvalue weighted by molar-refractivity contribution is -0.173. The van der Waals surface area contributed by atoms with Crippen LogP contribution in [0.3, 0.4) is 0 Å². The van der Waals surface area contributed by atoms with Crippen LogP contribution in [0, 0.1) is 0 Å². The highest BCUT2D eigenvalue weighted by Crippen LogP contribution is 2.33. The Labute approximate surface area is 117 Å². The third-order valence-electron chi connectivity index (χ3n) is 2.82. The minimum Gasteiger partial charge on any atom is -0.355 e. The molecule has 1 amide bonds. The zero-order valence-corrected chi connectivity index (χ0v) is 11.7. The molecule has 2 heterocycles. The molecular formula is C10H11F3N2O3S2. The summed E-state index contributed by atoms with van der Waals surface area (Å²) < 4.78 is 63.8. The van der Waals surface area contributed by atoms with Crippen LogP contribution >= 0.6 is 11.3 Å². The van der Waals surface area contributed by atoms with Crippen molar-refractivity contribution in [2.75, 3.05) is 13.1 Å². The zero-order valence-electron chi connectivity index (χ0n) is 10.1. The van der Waals surface area contributed by atoms with Crippen molar-refractivity contribution in [1.82, 2.24) is 9.62 Å². The van der Waals surface area contributed by atoms with Crippen molar-refractivity contribution in [1.29, 1.82) is 0 Å². The van der Waals surface area contributed by atoms with Crippen molar-refractivity contribution in [3.05, 3.63) is 17.5 Å². The maximum absolute atomic E-state index is 13.0. The summed E-state index contributed by atoms with van der Waals surface area (Å²) >= 11 is 0.841. The maximum atomic E-state index is 13.0. The molecule has 1 fully saturated rings. The number of amides is 1. The predicted molar refractivity (Wildman–Crippen MR) is 65.7 cm³/mol. The minimum atomic E-state index is -4.80. The monoisotopic (exact) mass is 328 g/mol. The van der Waals surface area contributed by atoms with Crippen molar-refractivity contribution in [3.8, 4) is 0 Å². The third kappa shape index (κ3) is 2.96. The number of carbonyl (C=O) groups is 1. The van der Waals surface area contributed by atoms with Crippen LogP contribution in [0.15, 0.2) is 21.7 Å². The molecular weight excluding hydrogens is 317 g/mol. The molecule has 0 spiro atoms. The molecule has 2 rings (SSSR count). The SMILES string of the molecule is O=C1C[C@@H](C(F)(F)F)N(S(=O)(=O)c2cccs2)CCN1. The lowest BCUT2D eigenvalue weighted by Gasteiger charge is -2.29. The van der Waals surface area contributed by atoms with E-state index >= 15 is 0 Å². The average Bonchev–Trinajstić information content (AvgIpc) is 2.78. The zero-order chi connectivity index (χ0) is 15.0. The van der Waals surface area contributed by atoms with E-state index in [9.17, 15) is 26.4 Å². The highest BCUT2D eigenvalue weighted by atomic mass is 32.2. The summed E-state index contributed by atoms with van der Waals surface area (Å²) in [5, 5.41) is 3.72. The summed E-state index contributed by atoms with van der Waals surface area (Å²) in [5.74, 6) is -0.809. The third-order valence-corrected chi connectivity index (χ3v) is 6.10. The van der Waals surface area contributed by atoms with Crippen LogP contribution < -0.4 is 5.32 Å². The predicted octanol–water partition coefficient (Wildman–Crippen LogP) is 1.19. The number of hydrogen-bond donors (Lipinski definition) is 1. The first-order chi connectivity index (χ1) is 9.23. The van der Waals surface area contributed by atoms with Crippen LogP contribution in [0.5, 0.6) is 0 Å². The van der Waals surface area contributed by atoms with Crippen LogP contribution in [-0.4, -0.2) is 43.9 Å². The van der Waals surface area contributed by atoms with Gasteiger partial charge in [0.15, 0.2) is 0 Å². The van der Waals surface area contributed by atoms with Gasteiger partial charge in [0.2, 0.25) is 5.91 Å². The van der Waals surface area contributed by atoms with Gasteiger partial charge in [-0.1, -0.05) is 6.07 Å². The highest BCUT2D eigenvalue weighted by molar-refractivity contribution is 7.91. The van der Waals surface area contributed by atoms with Crippen molar-refractivity contribution in [3.63, 3.8) is 0 Å². The lowest BCUT2D eigenvalue weighted by atomic mass is 10.2. The van der Waals surface area contributed by atoms with E-state index in [1.54, 1.807) is 0 Å². The van der Waals surface area contributed by atoms with Gasteiger partial charge in [0, 0.05) is 13.1 Å². The molecule has 5 nitrogen and oxygen atoms in total. The first kappa shape index (κ1) is 15.3. The van der Waals surface area contributed by atoms with E-state index in [2.05, 4.69) is 5.32 Å². The van der Waals surface area contributed by atoms with Gasteiger partial charge < -0.3 is 5.32 Å². The van der Waals surface area contributed by atoms with E-state index in [-0.39, 0.29) is 10.8 Å². The Morgan fingerprint density at radius 3 is 2.65 bits per heavy atom. The second-order valence-corrected chi connectivity index (χ2v) is 7.22. The number of halogens is 3. The smallest absolute Gasteiger partial charge is 0.355 e. The van der Waals surface area contributed by atoms with Gasteiger partial charge in [-0.3, -0.25) is 4.79 Å². The number of rotatable bonds is 2. The van der Waals surface area contributed by atoms with E-state index in [0.717, 1.165) is 11.3 Å². The molecule has 1 aliphatic rings. The minimum absolute atomic E-state index is 0.143. The summed E-state index contributed by atoms with van der Waals surface area (Å²) in [6.45, 7) is -0.549. The fourth-order valence-electron chi connectivity index (χ4n) is 1.90. The Morgan fingerprint density at radius 1 is 1.40 bits per heavy atom. The molecule has 0 aromatic carbocycles. The molecule has 0 aliphatic carbocycles. The molecule has 1 aliphatic heterocycles. The normalized spacial score (nSPS) is 22.4. The summed E-state index contributed by atoms with van der Waals surface area (Å²) in [6.07, 6.45) is -5.72. The number of carbonyl (C=O) groups excluding carboxylic acids is 1. The topological polar surface area (TPSA) is 66.5 Å². The van der Waals surface area contributed by atoms with Crippen LogP contribution in [-0.2, 0) is 14.8 Å². The molecule has 1 saturated heterocycles. The molecule has 1 atom stereocenters. The highest BCUT2D eigenvalue weighted by Gasteiger charge is 2.50. The van der Waals surface area contributed by atoms with Crippen molar-refractivity contribution in [2.45, 2.75) is 22.8 Å². The van der Waals surface area contributed by atoms with Crippen LogP contribution in [0.2, 0.25) is 0 Å². The van der Waals surface area contributed by atoms with Gasteiger partial charge in [-0.05, 0) is 11.4 Å². The molecule has 1 N–H and O–H groups in total. The Bertz CT molecular complexity index is 583. The van der Waals surface area contributed by atoms with Crippen LogP contribution in [0.1, 0.15) is 6.42 Å². The number of nitrogens with one attached hydrogen (secondary N) is 1. The van der Waals surface area contributed by atoms with Crippen molar-refractivity contribution in [2.24, 2.45) is 0 Å².